The van der Waals surface area contributed by atoms with Crippen molar-refractivity contribution in [3.05, 3.63) is 53.3 Å². The van der Waals surface area contributed by atoms with Crippen molar-refractivity contribution in [2.45, 2.75) is 32.4 Å². The molecule has 3 aromatic rings. The summed E-state index contributed by atoms with van der Waals surface area (Å²) in [5.41, 5.74) is 7.03. The highest BCUT2D eigenvalue weighted by Crippen LogP contribution is 2.39. The number of aliphatic imine (C=N–C) groups is 1. The molecule has 1 aliphatic heterocycles. The van der Waals surface area contributed by atoms with Crippen molar-refractivity contribution >= 4 is 29.8 Å². The molecule has 2 unspecified atom stereocenters. The molecule has 0 spiro atoms. The molecule has 0 aromatic carbocycles. The first-order chi connectivity index (χ1) is 18.4. The van der Waals surface area contributed by atoms with Gasteiger partial charge in [-0.25, -0.2) is 9.97 Å². The summed E-state index contributed by atoms with van der Waals surface area (Å²) >= 11 is 0. The van der Waals surface area contributed by atoms with Crippen LogP contribution >= 0.6 is 0 Å². The smallest absolute Gasteiger partial charge is 0.228 e. The second kappa shape index (κ2) is 10.8. The van der Waals surface area contributed by atoms with Gasteiger partial charge in [0.25, 0.3) is 0 Å². The Kier molecular flexibility index (Phi) is 7.30. The molecule has 2 atom stereocenters. The van der Waals surface area contributed by atoms with Gasteiger partial charge >= 0.3 is 0 Å². The lowest BCUT2D eigenvalue weighted by molar-refractivity contribution is -0.557. The van der Waals surface area contributed by atoms with E-state index in [1.807, 2.05) is 59.7 Å². The van der Waals surface area contributed by atoms with Crippen LogP contribution in [0.1, 0.15) is 23.9 Å². The second-order valence-electron chi connectivity index (χ2n) is 10.1. The van der Waals surface area contributed by atoms with Gasteiger partial charge in [0, 0.05) is 67.1 Å². The second-order valence-corrected chi connectivity index (χ2v) is 10.1. The quantitative estimate of drug-likeness (QED) is 0.373. The Balaban J connectivity index is 1.45. The lowest BCUT2D eigenvalue weighted by Gasteiger charge is -2.23. The first-order valence-electron chi connectivity index (χ1n) is 13.0. The van der Waals surface area contributed by atoms with Crippen LogP contribution in [-0.2, 0) is 26.4 Å². The number of allylic oxidation sites excluding steroid dienone is 1. The third-order valence-electron chi connectivity index (χ3n) is 6.96. The zero-order valence-electron chi connectivity index (χ0n) is 22.7. The van der Waals surface area contributed by atoms with E-state index in [9.17, 15) is 0 Å². The van der Waals surface area contributed by atoms with Gasteiger partial charge in [0.1, 0.15) is 0 Å². The molecule has 11 heteroatoms. The highest BCUT2D eigenvalue weighted by molar-refractivity contribution is 6.12. The summed E-state index contributed by atoms with van der Waals surface area (Å²) in [6.45, 7) is 3.87. The minimum Gasteiger partial charge on any atom is -0.322 e. The summed E-state index contributed by atoms with van der Waals surface area (Å²) in [6.07, 6.45) is 13.1. The number of hydrogen-bond donors (Lipinski definition) is 3. The van der Waals surface area contributed by atoms with Crippen molar-refractivity contribution < 1.29 is 5.32 Å². The minimum atomic E-state index is -0.0700. The Morgan fingerprint density at radius 1 is 1.29 bits per heavy atom. The van der Waals surface area contributed by atoms with E-state index < -0.39 is 0 Å². The van der Waals surface area contributed by atoms with Crippen LogP contribution in [0, 0.1) is 11.3 Å². The molecule has 198 valence electrons. The number of dihydropyridines is 1. The summed E-state index contributed by atoms with van der Waals surface area (Å²) in [5, 5.41) is 22.5. The Morgan fingerprint density at radius 2 is 2.13 bits per heavy atom. The van der Waals surface area contributed by atoms with Crippen LogP contribution in [-0.4, -0.2) is 80.6 Å². The van der Waals surface area contributed by atoms with Crippen molar-refractivity contribution in [1.82, 2.24) is 34.4 Å². The molecular formula is C27H36N11+. The highest BCUT2D eigenvalue weighted by Gasteiger charge is 2.30. The lowest BCUT2D eigenvalue weighted by Crippen LogP contribution is -2.73. The van der Waals surface area contributed by atoms with E-state index in [2.05, 4.69) is 47.4 Å². The Hall–Kier alpha value is -3.96. The highest BCUT2D eigenvalue weighted by atomic mass is 15.3. The fourth-order valence-corrected chi connectivity index (χ4v) is 5.09. The van der Waals surface area contributed by atoms with E-state index in [1.165, 1.54) is 6.21 Å². The van der Waals surface area contributed by atoms with E-state index in [0.717, 1.165) is 65.3 Å². The van der Waals surface area contributed by atoms with Crippen molar-refractivity contribution in [1.29, 1.82) is 5.41 Å². The van der Waals surface area contributed by atoms with E-state index in [1.54, 1.807) is 0 Å². The van der Waals surface area contributed by atoms with Gasteiger partial charge in [-0.1, -0.05) is 13.0 Å². The molecule has 3 aromatic heterocycles. The number of nitrogens with one attached hydrogen (secondary N) is 2. The molecule has 4 heterocycles. The van der Waals surface area contributed by atoms with Crippen LogP contribution in [0.15, 0.2) is 41.3 Å². The molecule has 4 N–H and O–H groups in total. The van der Waals surface area contributed by atoms with E-state index in [0.29, 0.717) is 11.8 Å². The number of anilines is 2. The Labute approximate surface area is 222 Å². The van der Waals surface area contributed by atoms with Crippen molar-refractivity contribution in [2.24, 2.45) is 18.0 Å². The topological polar surface area (TPSA) is 130 Å². The molecule has 0 saturated heterocycles. The molecule has 11 nitrogen and oxygen atoms in total. The third kappa shape index (κ3) is 5.07. The monoisotopic (exact) mass is 514 g/mol. The van der Waals surface area contributed by atoms with E-state index in [-0.39, 0.29) is 12.0 Å². The summed E-state index contributed by atoms with van der Waals surface area (Å²) in [4.78, 5) is 16.5. The average Bonchev–Trinajstić information content (AvgIpc) is 3.49. The number of fused-ring (bicyclic) bond motifs is 3. The third-order valence-corrected chi connectivity index (χ3v) is 6.96. The van der Waals surface area contributed by atoms with Gasteiger partial charge in [-0.2, -0.15) is 10.2 Å². The van der Waals surface area contributed by atoms with Crippen LogP contribution in [0.5, 0.6) is 0 Å². The fourth-order valence-electron chi connectivity index (χ4n) is 5.09. The van der Waals surface area contributed by atoms with Crippen molar-refractivity contribution in [3.8, 4) is 11.3 Å². The molecule has 0 amide bonds. The maximum absolute atomic E-state index is 7.81. The molecule has 2 aliphatic rings. The minimum absolute atomic E-state index is 0.0700. The molecular weight excluding hydrogens is 478 g/mol. The lowest BCUT2D eigenvalue weighted by atomic mass is 9.87. The predicted octanol–water partition coefficient (Wildman–Crippen LogP) is 1.68. The number of rotatable bonds is 9. The number of likely N-dealkylation sites (N-methyl/N-ethyl adjacent to an activating group) is 1. The van der Waals surface area contributed by atoms with Crippen LogP contribution < -0.4 is 10.6 Å². The molecule has 0 fully saturated rings. The molecule has 38 heavy (non-hydrogen) atoms. The van der Waals surface area contributed by atoms with Crippen molar-refractivity contribution in [3.63, 3.8) is 0 Å². The van der Waals surface area contributed by atoms with Gasteiger partial charge in [-0.15, -0.1) is 0 Å². The molecule has 0 saturated carbocycles. The van der Waals surface area contributed by atoms with Crippen LogP contribution in [0.25, 0.3) is 16.8 Å². The standard InChI is InChI=1S/C27H35N11/c1-17-12-19(16-30-24(17)20(13-28)14-29-2)26-23-21(34-37(26)5)7-6-18-15-31-27(33-25(18)23)32-22-8-9-38(35-22)11-10-36(3)4/h8-9,12-17,24,28-29H,6-7,10-11H2,1-5H3,(H,31,32,33,35)/p+1/b20-14+,28-13?. The number of quaternary nitrogens is 1. The van der Waals surface area contributed by atoms with Gasteiger partial charge in [0.15, 0.2) is 5.82 Å². The van der Waals surface area contributed by atoms with Crippen molar-refractivity contribution in [2.75, 3.05) is 33.0 Å². The summed E-state index contributed by atoms with van der Waals surface area (Å²) in [6, 6.07) is 1.87. The first-order valence-corrected chi connectivity index (χ1v) is 13.0. The first kappa shape index (κ1) is 25.7. The van der Waals surface area contributed by atoms with E-state index >= 15 is 0 Å². The molecule has 0 bridgehead atoms. The molecule has 0 radical (unpaired) electrons. The Morgan fingerprint density at radius 3 is 2.87 bits per heavy atom. The van der Waals surface area contributed by atoms with Gasteiger partial charge in [0.2, 0.25) is 5.95 Å². The summed E-state index contributed by atoms with van der Waals surface area (Å²) in [5.74, 6) is 1.37. The van der Waals surface area contributed by atoms with Gasteiger partial charge in [-0.05, 0) is 32.5 Å². The van der Waals surface area contributed by atoms with Gasteiger partial charge < -0.3 is 20.9 Å². The zero-order valence-corrected chi connectivity index (χ0v) is 22.7. The fraction of sp³-hybridized carbons (Fsp3) is 0.407. The number of nitrogens with two attached hydrogens (primary N) is 1. The van der Waals surface area contributed by atoms with Crippen LogP contribution in [0.4, 0.5) is 11.8 Å². The maximum Gasteiger partial charge on any atom is 0.228 e. The number of nitrogens with zero attached hydrogens (tertiary/aromatic N) is 8. The molecule has 5 rings (SSSR count). The van der Waals surface area contributed by atoms with Gasteiger partial charge in [0.05, 0.1) is 42.9 Å². The summed E-state index contributed by atoms with van der Waals surface area (Å²) < 4.78 is 3.86. The number of aryl methyl sites for hydroxylation is 3. The number of aromatic nitrogens is 6. The average molecular weight is 515 g/mol. The van der Waals surface area contributed by atoms with Gasteiger partial charge in [-0.3, -0.25) is 14.4 Å². The van der Waals surface area contributed by atoms with Crippen LogP contribution in [0.2, 0.25) is 0 Å². The number of hydrogen-bond acceptors (Lipinski definition) is 8. The normalized spacial score (nSPS) is 18.8. The maximum atomic E-state index is 7.81. The SMILES string of the molecule is C[NH2+]/C=C(\C=N)C1N=CC(c2c3c(nn2C)CCc2cnc(Nc4ccn(CCN(C)C)n4)nc2-3)=CC1C. The largest absolute Gasteiger partial charge is 0.322 e. The van der Waals surface area contributed by atoms with Crippen LogP contribution in [0.3, 0.4) is 0 Å². The molecule has 1 aliphatic carbocycles. The summed E-state index contributed by atoms with van der Waals surface area (Å²) in [7, 11) is 8.04. The Bertz CT molecular complexity index is 1420. The zero-order chi connectivity index (χ0) is 26.8. The van der Waals surface area contributed by atoms with E-state index in [4.69, 9.17) is 20.5 Å². The predicted molar refractivity (Wildman–Crippen MR) is 150 cm³/mol.